The predicted octanol–water partition coefficient (Wildman–Crippen LogP) is 1.05. The van der Waals surface area contributed by atoms with E-state index in [-0.39, 0.29) is 12.2 Å². The first-order chi connectivity index (χ1) is 7.08. The number of allylic oxidation sites excluding steroid dienone is 1. The number of benzene rings is 1. The molecule has 0 spiro atoms. The minimum atomic E-state index is -1.60. The molecule has 1 atom stereocenters. The van der Waals surface area contributed by atoms with E-state index in [1.807, 2.05) is 6.07 Å². The second-order valence-corrected chi connectivity index (χ2v) is 3.36. The van der Waals surface area contributed by atoms with Gasteiger partial charge in [-0.3, -0.25) is 0 Å². The van der Waals surface area contributed by atoms with Crippen molar-refractivity contribution in [1.29, 1.82) is 5.26 Å². The highest BCUT2D eigenvalue weighted by atomic mass is 16.3. The Morgan fingerprint density at radius 1 is 1.53 bits per heavy atom. The van der Waals surface area contributed by atoms with Crippen LogP contribution in [0.15, 0.2) is 42.2 Å². The van der Waals surface area contributed by atoms with Crippen molar-refractivity contribution in [2.75, 3.05) is 0 Å². The summed E-state index contributed by atoms with van der Waals surface area (Å²) in [6.45, 7) is 1.39. The van der Waals surface area contributed by atoms with Gasteiger partial charge in [0.05, 0.1) is 0 Å². The van der Waals surface area contributed by atoms with Crippen LogP contribution >= 0.6 is 0 Å². The summed E-state index contributed by atoms with van der Waals surface area (Å²) in [4.78, 5) is 0. The van der Waals surface area contributed by atoms with E-state index >= 15 is 0 Å². The molecule has 1 unspecified atom stereocenters. The fourth-order valence-electron chi connectivity index (χ4n) is 1.23. The molecule has 0 amide bonds. The van der Waals surface area contributed by atoms with Crippen LogP contribution < -0.4 is 5.11 Å². The lowest BCUT2D eigenvalue weighted by atomic mass is 9.92. The maximum absolute atomic E-state index is 10.8. The van der Waals surface area contributed by atoms with E-state index in [0.717, 1.165) is 0 Å². The maximum atomic E-state index is 10.8. The van der Waals surface area contributed by atoms with E-state index in [9.17, 15) is 10.2 Å². The van der Waals surface area contributed by atoms with Gasteiger partial charge in [-0.2, -0.15) is 5.26 Å². The van der Waals surface area contributed by atoms with Gasteiger partial charge in [-0.15, -0.1) is 5.76 Å². The van der Waals surface area contributed by atoms with Crippen LogP contribution in [0.25, 0.3) is 0 Å². The first-order valence-electron chi connectivity index (χ1n) is 4.61. The van der Waals surface area contributed by atoms with Crippen LogP contribution in [-0.2, 0) is 5.60 Å². The number of aliphatic hydroxyl groups is 1. The van der Waals surface area contributed by atoms with Gasteiger partial charge < -0.3 is 10.2 Å². The van der Waals surface area contributed by atoms with Gasteiger partial charge in [0.15, 0.2) is 5.60 Å². The van der Waals surface area contributed by atoms with Crippen LogP contribution in [0.5, 0.6) is 0 Å². The van der Waals surface area contributed by atoms with E-state index in [0.29, 0.717) is 5.56 Å². The van der Waals surface area contributed by atoms with Gasteiger partial charge in [0.2, 0.25) is 0 Å². The average molecular weight is 202 g/mol. The molecule has 1 aromatic carbocycles. The summed E-state index contributed by atoms with van der Waals surface area (Å²) >= 11 is 0. The van der Waals surface area contributed by atoms with E-state index in [1.54, 1.807) is 30.3 Å². The minimum Gasteiger partial charge on any atom is -0.876 e. The summed E-state index contributed by atoms with van der Waals surface area (Å²) in [6, 6.07) is 10.4. The molecular weight excluding hydrogens is 190 g/mol. The van der Waals surface area contributed by atoms with Crippen molar-refractivity contribution in [1.82, 2.24) is 0 Å². The average Bonchev–Trinajstić information content (AvgIpc) is 2.27. The molecule has 0 aromatic heterocycles. The molecular formula is C12H12NO2-. The molecule has 1 aromatic rings. The first kappa shape index (κ1) is 11.3. The van der Waals surface area contributed by atoms with Crippen LogP contribution in [0.3, 0.4) is 0 Å². The van der Waals surface area contributed by atoms with Crippen LogP contribution in [0.1, 0.15) is 18.9 Å². The molecule has 0 fully saturated rings. The summed E-state index contributed by atoms with van der Waals surface area (Å²) < 4.78 is 0. The minimum absolute atomic E-state index is 0.0167. The lowest BCUT2D eigenvalue weighted by Gasteiger charge is -2.19. The highest BCUT2D eigenvalue weighted by Gasteiger charge is 2.26. The molecule has 3 nitrogen and oxygen atoms in total. The van der Waals surface area contributed by atoms with Gasteiger partial charge in [-0.05, 0) is 5.56 Å². The van der Waals surface area contributed by atoms with Crippen molar-refractivity contribution in [3.05, 3.63) is 47.7 Å². The standard InChI is InChI=1S/C12H13NO2/c1-10(14)7-8-12(15,9-13)11-5-3-2-4-6-11/h2-7,14-15H,8H2,1H3/p-1/b10-7-. The molecule has 0 heterocycles. The zero-order valence-corrected chi connectivity index (χ0v) is 8.47. The zero-order valence-electron chi connectivity index (χ0n) is 8.47. The topological polar surface area (TPSA) is 67.1 Å². The molecule has 0 aliphatic heterocycles. The molecule has 0 aliphatic rings. The van der Waals surface area contributed by atoms with Crippen molar-refractivity contribution in [2.45, 2.75) is 18.9 Å². The van der Waals surface area contributed by atoms with Gasteiger partial charge in [0.25, 0.3) is 0 Å². The SMILES string of the molecule is C/C([O-])=C/CC(O)(C#N)c1ccccc1. The van der Waals surface area contributed by atoms with Crippen LogP contribution in [0.4, 0.5) is 0 Å². The van der Waals surface area contributed by atoms with E-state index in [1.165, 1.54) is 13.0 Å². The smallest absolute Gasteiger partial charge is 0.180 e. The summed E-state index contributed by atoms with van der Waals surface area (Å²) in [7, 11) is 0. The quantitative estimate of drug-likeness (QED) is 0.588. The third kappa shape index (κ3) is 2.83. The van der Waals surface area contributed by atoms with Gasteiger partial charge in [0.1, 0.15) is 6.07 Å². The Balaban J connectivity index is 2.97. The first-order valence-corrected chi connectivity index (χ1v) is 4.61. The Morgan fingerprint density at radius 2 is 2.13 bits per heavy atom. The molecule has 0 bridgehead atoms. The highest BCUT2D eigenvalue weighted by molar-refractivity contribution is 5.29. The van der Waals surface area contributed by atoms with Crippen molar-refractivity contribution < 1.29 is 10.2 Å². The van der Waals surface area contributed by atoms with Crippen molar-refractivity contribution in [3.8, 4) is 6.07 Å². The van der Waals surface area contributed by atoms with Gasteiger partial charge >= 0.3 is 0 Å². The molecule has 78 valence electrons. The number of nitrogens with zero attached hydrogens (tertiary/aromatic N) is 1. The summed E-state index contributed by atoms with van der Waals surface area (Å²) in [5, 5.41) is 29.7. The largest absolute Gasteiger partial charge is 0.876 e. The van der Waals surface area contributed by atoms with Gasteiger partial charge in [0, 0.05) is 6.42 Å². The number of hydrogen-bond acceptors (Lipinski definition) is 3. The Labute approximate surface area is 88.9 Å². The summed E-state index contributed by atoms with van der Waals surface area (Å²) in [5.41, 5.74) is -1.10. The number of nitriles is 1. The van der Waals surface area contributed by atoms with Crippen molar-refractivity contribution >= 4 is 0 Å². The molecule has 3 heteroatoms. The zero-order chi connectivity index (χ0) is 11.3. The monoisotopic (exact) mass is 202 g/mol. The Morgan fingerprint density at radius 3 is 2.60 bits per heavy atom. The normalized spacial score (nSPS) is 15.4. The molecule has 0 saturated heterocycles. The van der Waals surface area contributed by atoms with Gasteiger partial charge in [-0.1, -0.05) is 43.3 Å². The van der Waals surface area contributed by atoms with Gasteiger partial charge in [-0.25, -0.2) is 0 Å². The lowest BCUT2D eigenvalue weighted by molar-refractivity contribution is -0.302. The summed E-state index contributed by atoms with van der Waals surface area (Å²) in [5.74, 6) is -0.153. The van der Waals surface area contributed by atoms with Crippen LogP contribution in [0, 0.1) is 11.3 Å². The predicted molar refractivity (Wildman–Crippen MR) is 54.3 cm³/mol. The highest BCUT2D eigenvalue weighted by Crippen LogP contribution is 2.24. The number of hydrogen-bond donors (Lipinski definition) is 1. The van der Waals surface area contributed by atoms with Crippen molar-refractivity contribution in [3.63, 3.8) is 0 Å². The molecule has 15 heavy (non-hydrogen) atoms. The van der Waals surface area contributed by atoms with Crippen molar-refractivity contribution in [2.24, 2.45) is 0 Å². The number of rotatable bonds is 3. The third-order valence-electron chi connectivity index (χ3n) is 2.12. The Hall–Kier alpha value is -1.79. The van der Waals surface area contributed by atoms with E-state index < -0.39 is 5.60 Å². The Kier molecular flexibility index (Phi) is 3.48. The molecule has 1 rings (SSSR count). The van der Waals surface area contributed by atoms with E-state index in [4.69, 9.17) is 5.26 Å². The second-order valence-electron chi connectivity index (χ2n) is 3.36. The second kappa shape index (κ2) is 4.63. The summed E-state index contributed by atoms with van der Waals surface area (Å²) in [6.07, 6.45) is 1.33. The molecule has 0 radical (unpaired) electrons. The van der Waals surface area contributed by atoms with E-state index in [2.05, 4.69) is 0 Å². The molecule has 0 aliphatic carbocycles. The van der Waals surface area contributed by atoms with Crippen LogP contribution in [-0.4, -0.2) is 5.11 Å². The molecule has 0 saturated carbocycles. The Bertz CT molecular complexity index is 388. The fourth-order valence-corrected chi connectivity index (χ4v) is 1.23. The lowest BCUT2D eigenvalue weighted by Crippen LogP contribution is -2.22. The molecule has 1 N–H and O–H groups in total. The third-order valence-corrected chi connectivity index (χ3v) is 2.12. The maximum Gasteiger partial charge on any atom is 0.180 e. The van der Waals surface area contributed by atoms with Crippen LogP contribution in [0.2, 0.25) is 0 Å². The fraction of sp³-hybridized carbons (Fsp3) is 0.250.